The third kappa shape index (κ3) is 3.93. The highest BCUT2D eigenvalue weighted by atomic mass is 32.2. The Hall–Kier alpha value is -0.130. The molecular weight excluding hydrogens is 250 g/mol. The summed E-state index contributed by atoms with van der Waals surface area (Å²) in [6.45, 7) is 7.41. The monoisotopic (exact) mass is 277 g/mol. The molecule has 4 unspecified atom stereocenters. The molecule has 0 aromatic heterocycles. The maximum Gasteiger partial charge on any atom is 0.157 e. The number of hydrogen-bond acceptors (Lipinski definition) is 4. The van der Waals surface area contributed by atoms with E-state index in [1.165, 1.54) is 0 Å². The summed E-state index contributed by atoms with van der Waals surface area (Å²) >= 11 is 0. The lowest BCUT2D eigenvalue weighted by molar-refractivity contribution is 0.213. The molecule has 0 aromatic rings. The van der Waals surface area contributed by atoms with Crippen molar-refractivity contribution in [1.82, 2.24) is 5.32 Å². The Morgan fingerprint density at radius 1 is 1.28 bits per heavy atom. The summed E-state index contributed by atoms with van der Waals surface area (Å²) in [6.07, 6.45) is 1.95. The van der Waals surface area contributed by atoms with Crippen LogP contribution in [-0.2, 0) is 14.6 Å². The molecule has 0 bridgehead atoms. The number of rotatable bonds is 6. The van der Waals surface area contributed by atoms with Crippen LogP contribution in [0.2, 0.25) is 0 Å². The van der Waals surface area contributed by atoms with Gasteiger partial charge in [0.05, 0.1) is 17.6 Å². The Morgan fingerprint density at radius 2 is 1.94 bits per heavy atom. The second-order valence-electron chi connectivity index (χ2n) is 5.54. The third-order valence-electron chi connectivity index (χ3n) is 3.84. The standard InChI is InChI=1S/C13H27NO3S/c1-5-14-12-9-10(2)8-11(3)13(12)18(15,16)7-6-17-4/h10-14H,5-9H2,1-4H3. The lowest BCUT2D eigenvalue weighted by atomic mass is 9.80. The number of methoxy groups -OCH3 is 1. The summed E-state index contributed by atoms with van der Waals surface area (Å²) in [7, 11) is -1.53. The van der Waals surface area contributed by atoms with Crippen LogP contribution >= 0.6 is 0 Å². The molecule has 0 aliphatic heterocycles. The quantitative estimate of drug-likeness (QED) is 0.798. The lowest BCUT2D eigenvalue weighted by Gasteiger charge is -2.39. The van der Waals surface area contributed by atoms with Crippen LogP contribution in [0, 0.1) is 11.8 Å². The highest BCUT2D eigenvalue weighted by molar-refractivity contribution is 7.92. The van der Waals surface area contributed by atoms with Gasteiger partial charge in [0.1, 0.15) is 0 Å². The first kappa shape index (κ1) is 15.9. The molecule has 0 spiro atoms. The zero-order valence-electron chi connectivity index (χ0n) is 12.0. The van der Waals surface area contributed by atoms with E-state index < -0.39 is 9.84 Å². The summed E-state index contributed by atoms with van der Waals surface area (Å²) < 4.78 is 29.8. The molecule has 18 heavy (non-hydrogen) atoms. The fourth-order valence-corrected chi connectivity index (χ4v) is 5.43. The highest BCUT2D eigenvalue weighted by Gasteiger charge is 2.41. The normalized spacial score (nSPS) is 33.6. The molecule has 0 amide bonds. The van der Waals surface area contributed by atoms with Gasteiger partial charge in [-0.3, -0.25) is 0 Å². The first-order chi connectivity index (χ1) is 8.42. The van der Waals surface area contributed by atoms with Crippen molar-refractivity contribution in [3.63, 3.8) is 0 Å². The van der Waals surface area contributed by atoms with E-state index in [4.69, 9.17) is 4.74 Å². The molecule has 0 aromatic carbocycles. The van der Waals surface area contributed by atoms with Gasteiger partial charge in [0, 0.05) is 13.2 Å². The van der Waals surface area contributed by atoms with E-state index in [0.29, 0.717) is 12.5 Å². The molecule has 1 N–H and O–H groups in total. The topological polar surface area (TPSA) is 55.4 Å². The van der Waals surface area contributed by atoms with E-state index in [1.807, 2.05) is 6.92 Å². The van der Waals surface area contributed by atoms with Gasteiger partial charge in [0.2, 0.25) is 0 Å². The maximum atomic E-state index is 12.4. The van der Waals surface area contributed by atoms with Gasteiger partial charge in [-0.25, -0.2) is 8.42 Å². The summed E-state index contributed by atoms with van der Waals surface area (Å²) in [6, 6.07) is 0.0932. The molecule has 1 rings (SSSR count). The smallest absolute Gasteiger partial charge is 0.157 e. The zero-order chi connectivity index (χ0) is 13.8. The molecule has 0 radical (unpaired) electrons. The second kappa shape index (κ2) is 6.87. The van der Waals surface area contributed by atoms with Gasteiger partial charge in [-0.05, 0) is 31.2 Å². The maximum absolute atomic E-state index is 12.4. The van der Waals surface area contributed by atoms with Gasteiger partial charge in [0.15, 0.2) is 9.84 Å². The van der Waals surface area contributed by atoms with Crippen LogP contribution < -0.4 is 5.32 Å². The van der Waals surface area contributed by atoms with Crippen molar-refractivity contribution in [3.05, 3.63) is 0 Å². The van der Waals surface area contributed by atoms with Crippen LogP contribution in [0.4, 0.5) is 0 Å². The van der Waals surface area contributed by atoms with Gasteiger partial charge in [0.25, 0.3) is 0 Å². The lowest BCUT2D eigenvalue weighted by Crippen LogP contribution is -2.52. The SMILES string of the molecule is CCNC1CC(C)CC(C)C1S(=O)(=O)CCOC. The summed E-state index contributed by atoms with van der Waals surface area (Å²) in [5.41, 5.74) is 0. The molecule has 0 heterocycles. The summed E-state index contributed by atoms with van der Waals surface area (Å²) in [5.74, 6) is 0.951. The Kier molecular flexibility index (Phi) is 6.08. The van der Waals surface area contributed by atoms with Crippen molar-refractivity contribution in [2.45, 2.75) is 44.9 Å². The molecule has 1 aliphatic carbocycles. The fourth-order valence-electron chi connectivity index (χ4n) is 3.23. The Morgan fingerprint density at radius 3 is 2.50 bits per heavy atom. The first-order valence-corrected chi connectivity index (χ1v) is 8.57. The summed E-state index contributed by atoms with van der Waals surface area (Å²) in [4.78, 5) is 0. The van der Waals surface area contributed by atoms with Crippen molar-refractivity contribution in [1.29, 1.82) is 0 Å². The van der Waals surface area contributed by atoms with Crippen LogP contribution in [0.5, 0.6) is 0 Å². The fraction of sp³-hybridized carbons (Fsp3) is 1.00. The van der Waals surface area contributed by atoms with Crippen LogP contribution in [0.25, 0.3) is 0 Å². The molecule has 1 fully saturated rings. The van der Waals surface area contributed by atoms with E-state index >= 15 is 0 Å². The van der Waals surface area contributed by atoms with Crippen molar-refractivity contribution in [2.24, 2.45) is 11.8 Å². The van der Waals surface area contributed by atoms with E-state index in [1.54, 1.807) is 7.11 Å². The van der Waals surface area contributed by atoms with E-state index in [-0.39, 0.29) is 23.0 Å². The molecule has 0 saturated heterocycles. The minimum atomic E-state index is -3.08. The van der Waals surface area contributed by atoms with E-state index in [2.05, 4.69) is 19.2 Å². The van der Waals surface area contributed by atoms with Crippen LogP contribution in [0.3, 0.4) is 0 Å². The van der Waals surface area contributed by atoms with Gasteiger partial charge < -0.3 is 10.1 Å². The average Bonchev–Trinajstić information content (AvgIpc) is 2.25. The number of hydrogen-bond donors (Lipinski definition) is 1. The molecule has 4 atom stereocenters. The van der Waals surface area contributed by atoms with Crippen molar-refractivity contribution in [2.75, 3.05) is 26.0 Å². The second-order valence-corrected chi connectivity index (χ2v) is 7.82. The number of nitrogens with one attached hydrogen (secondary N) is 1. The zero-order valence-corrected chi connectivity index (χ0v) is 12.8. The predicted molar refractivity (Wildman–Crippen MR) is 74.5 cm³/mol. The summed E-state index contributed by atoms with van der Waals surface area (Å²) in [5, 5.41) is 3.10. The predicted octanol–water partition coefficient (Wildman–Crippen LogP) is 1.46. The molecular formula is C13H27NO3S. The van der Waals surface area contributed by atoms with Gasteiger partial charge in [-0.15, -0.1) is 0 Å². The van der Waals surface area contributed by atoms with Crippen molar-refractivity contribution >= 4 is 9.84 Å². The number of ether oxygens (including phenoxy) is 1. The first-order valence-electron chi connectivity index (χ1n) is 6.86. The highest BCUT2D eigenvalue weighted by Crippen LogP contribution is 2.33. The van der Waals surface area contributed by atoms with Crippen molar-refractivity contribution in [3.8, 4) is 0 Å². The molecule has 1 aliphatic rings. The van der Waals surface area contributed by atoms with Crippen LogP contribution in [-0.4, -0.2) is 45.7 Å². The minimum absolute atomic E-state index is 0.0932. The molecule has 1 saturated carbocycles. The van der Waals surface area contributed by atoms with Gasteiger partial charge >= 0.3 is 0 Å². The van der Waals surface area contributed by atoms with Gasteiger partial charge in [-0.1, -0.05) is 20.8 Å². The molecule has 4 nitrogen and oxygen atoms in total. The van der Waals surface area contributed by atoms with Crippen LogP contribution in [0.15, 0.2) is 0 Å². The molecule has 5 heteroatoms. The van der Waals surface area contributed by atoms with Crippen molar-refractivity contribution < 1.29 is 13.2 Å². The largest absolute Gasteiger partial charge is 0.384 e. The van der Waals surface area contributed by atoms with E-state index in [9.17, 15) is 8.42 Å². The van der Waals surface area contributed by atoms with Crippen LogP contribution in [0.1, 0.15) is 33.6 Å². The van der Waals surface area contributed by atoms with E-state index in [0.717, 1.165) is 19.4 Å². The Labute approximate surface area is 111 Å². The molecule has 108 valence electrons. The number of sulfone groups is 1. The third-order valence-corrected chi connectivity index (χ3v) is 6.20. The Bertz CT molecular complexity index is 342. The average molecular weight is 277 g/mol. The van der Waals surface area contributed by atoms with Gasteiger partial charge in [-0.2, -0.15) is 0 Å². The minimum Gasteiger partial charge on any atom is -0.384 e. The Balaban J connectivity index is 2.86.